The topological polar surface area (TPSA) is 188 Å². The Kier molecular flexibility index (Phi) is 12.8. The second-order valence-electron chi connectivity index (χ2n) is 8.04. The average Bonchev–Trinajstić information content (AvgIpc) is 2.66. The van der Waals surface area contributed by atoms with Gasteiger partial charge in [0, 0.05) is 12.2 Å². The van der Waals surface area contributed by atoms with Gasteiger partial charge in [0.1, 0.15) is 18.1 Å². The van der Waals surface area contributed by atoms with Crippen molar-refractivity contribution in [1.82, 2.24) is 16.0 Å². The molecular formula is C19H34N4O7S. The van der Waals surface area contributed by atoms with E-state index in [4.69, 9.17) is 10.8 Å². The number of amides is 3. The smallest absolute Gasteiger partial charge is 0.326 e. The zero-order valence-electron chi connectivity index (χ0n) is 18.3. The lowest BCUT2D eigenvalue weighted by atomic mass is 10.00. The molecule has 0 aromatic heterocycles. The van der Waals surface area contributed by atoms with Crippen molar-refractivity contribution in [3.63, 3.8) is 0 Å². The third kappa shape index (κ3) is 11.0. The molecule has 0 fully saturated rings. The van der Waals surface area contributed by atoms with Crippen molar-refractivity contribution in [2.75, 3.05) is 5.75 Å². The van der Waals surface area contributed by atoms with Crippen LogP contribution in [0.3, 0.4) is 0 Å². The molecule has 0 bridgehead atoms. The van der Waals surface area contributed by atoms with E-state index in [-0.39, 0.29) is 30.4 Å². The number of hydrogen-bond acceptors (Lipinski definition) is 7. The van der Waals surface area contributed by atoms with E-state index in [9.17, 15) is 29.1 Å². The lowest BCUT2D eigenvalue weighted by molar-refractivity contribution is -0.143. The van der Waals surface area contributed by atoms with Crippen LogP contribution < -0.4 is 21.7 Å². The molecule has 0 aliphatic heterocycles. The molecule has 31 heavy (non-hydrogen) atoms. The Balaban J connectivity index is 5.51. The van der Waals surface area contributed by atoms with E-state index >= 15 is 0 Å². The van der Waals surface area contributed by atoms with Crippen molar-refractivity contribution in [2.45, 2.75) is 71.1 Å². The summed E-state index contributed by atoms with van der Waals surface area (Å²) in [7, 11) is 0. The molecule has 0 aliphatic carbocycles. The van der Waals surface area contributed by atoms with Gasteiger partial charge in [-0.15, -0.1) is 0 Å². The third-order valence-electron chi connectivity index (χ3n) is 4.38. The van der Waals surface area contributed by atoms with Gasteiger partial charge in [0.25, 0.3) is 0 Å². The van der Waals surface area contributed by atoms with Crippen molar-refractivity contribution in [2.24, 2.45) is 17.6 Å². The summed E-state index contributed by atoms with van der Waals surface area (Å²) in [5.41, 5.74) is 5.59. The number of aliphatic carboxylic acids is 2. The van der Waals surface area contributed by atoms with Crippen LogP contribution in [0.25, 0.3) is 0 Å². The highest BCUT2D eigenvalue weighted by Crippen LogP contribution is 2.09. The fraction of sp³-hybridized carbons (Fsp3) is 0.737. The molecule has 0 aromatic rings. The Labute approximate surface area is 187 Å². The molecule has 4 unspecified atom stereocenters. The molecule has 0 aromatic carbocycles. The highest BCUT2D eigenvalue weighted by Gasteiger charge is 2.31. The molecule has 0 spiro atoms. The van der Waals surface area contributed by atoms with E-state index in [1.807, 2.05) is 13.8 Å². The quantitative estimate of drug-likeness (QED) is 0.166. The summed E-state index contributed by atoms with van der Waals surface area (Å²) in [6, 6.07) is -4.45. The minimum atomic E-state index is -1.24. The molecule has 7 N–H and O–H groups in total. The van der Waals surface area contributed by atoms with E-state index in [2.05, 4.69) is 28.6 Å². The van der Waals surface area contributed by atoms with Crippen molar-refractivity contribution < 1.29 is 34.2 Å². The van der Waals surface area contributed by atoms with E-state index in [1.165, 1.54) is 0 Å². The number of rotatable bonds is 14. The second-order valence-corrected chi connectivity index (χ2v) is 8.41. The number of nitrogens with one attached hydrogen (secondary N) is 3. The number of thiol groups is 1. The van der Waals surface area contributed by atoms with Crippen LogP contribution in [-0.2, 0) is 24.0 Å². The van der Waals surface area contributed by atoms with E-state index in [0.29, 0.717) is 0 Å². The van der Waals surface area contributed by atoms with Gasteiger partial charge in [-0.3, -0.25) is 19.2 Å². The van der Waals surface area contributed by atoms with Gasteiger partial charge in [0.15, 0.2) is 0 Å². The maximum atomic E-state index is 12.8. The molecular weight excluding hydrogens is 428 g/mol. The summed E-state index contributed by atoms with van der Waals surface area (Å²) in [5.74, 6) is -4.89. The second kappa shape index (κ2) is 13.9. The van der Waals surface area contributed by atoms with Crippen LogP contribution in [0.4, 0.5) is 0 Å². The van der Waals surface area contributed by atoms with Gasteiger partial charge in [0.05, 0.1) is 6.04 Å². The molecule has 0 heterocycles. The monoisotopic (exact) mass is 462 g/mol. The minimum absolute atomic E-state index is 0.0171. The standard InChI is InChI=1S/C19H34N4O7S/c1-9(2)7-13(18(28)23-15(10(3)4)19(29)30)22-17(27)12(5-6-14(24)25)21-16(26)11(20)8-31/h9-13,15,31H,5-8,20H2,1-4H3,(H,21,26)(H,22,27)(H,23,28)(H,24,25)(H,29,30). The fourth-order valence-electron chi connectivity index (χ4n) is 2.64. The van der Waals surface area contributed by atoms with Gasteiger partial charge in [-0.2, -0.15) is 12.6 Å². The van der Waals surface area contributed by atoms with Gasteiger partial charge in [0.2, 0.25) is 17.7 Å². The van der Waals surface area contributed by atoms with E-state index < -0.39 is 60.2 Å². The lowest BCUT2D eigenvalue weighted by Gasteiger charge is -2.26. The number of carboxylic acids is 2. The predicted molar refractivity (Wildman–Crippen MR) is 116 cm³/mol. The normalized spacial score (nSPS) is 15.0. The maximum Gasteiger partial charge on any atom is 0.326 e. The number of nitrogens with two attached hydrogens (primary N) is 1. The van der Waals surface area contributed by atoms with Crippen molar-refractivity contribution >= 4 is 42.3 Å². The lowest BCUT2D eigenvalue weighted by Crippen LogP contribution is -2.58. The van der Waals surface area contributed by atoms with Gasteiger partial charge in [-0.25, -0.2) is 4.79 Å². The first kappa shape index (κ1) is 28.7. The number of carbonyl (C=O) groups is 5. The predicted octanol–water partition coefficient (Wildman–Crippen LogP) is -0.651. The van der Waals surface area contributed by atoms with Gasteiger partial charge >= 0.3 is 11.9 Å². The van der Waals surface area contributed by atoms with Crippen LogP contribution in [0.5, 0.6) is 0 Å². The molecule has 0 rings (SSSR count). The molecule has 0 saturated carbocycles. The average molecular weight is 463 g/mol. The summed E-state index contributed by atoms with van der Waals surface area (Å²) in [6.07, 6.45) is -0.409. The molecule has 0 radical (unpaired) electrons. The first-order valence-electron chi connectivity index (χ1n) is 10.0. The summed E-state index contributed by atoms with van der Waals surface area (Å²) in [6.45, 7) is 6.91. The first-order chi connectivity index (χ1) is 14.3. The summed E-state index contributed by atoms with van der Waals surface area (Å²) in [4.78, 5) is 59.9. The SMILES string of the molecule is CC(C)CC(NC(=O)C(CCC(=O)O)NC(=O)C(N)CS)C(=O)NC(C(=O)O)C(C)C. The van der Waals surface area contributed by atoms with Crippen molar-refractivity contribution in [3.05, 3.63) is 0 Å². The Hall–Kier alpha value is -2.34. The van der Waals surface area contributed by atoms with Crippen molar-refractivity contribution in [3.8, 4) is 0 Å². The zero-order valence-corrected chi connectivity index (χ0v) is 19.1. The van der Waals surface area contributed by atoms with Crippen LogP contribution in [0.1, 0.15) is 47.0 Å². The Morgan fingerprint density at radius 1 is 0.871 bits per heavy atom. The third-order valence-corrected chi connectivity index (χ3v) is 4.78. The molecule has 4 atom stereocenters. The van der Waals surface area contributed by atoms with Crippen LogP contribution in [-0.4, -0.2) is 69.8 Å². The van der Waals surface area contributed by atoms with E-state index in [1.54, 1.807) is 13.8 Å². The minimum Gasteiger partial charge on any atom is -0.481 e. The Bertz CT molecular complexity index is 657. The number of carbonyl (C=O) groups excluding carboxylic acids is 3. The number of hydrogen-bond donors (Lipinski definition) is 7. The van der Waals surface area contributed by atoms with Gasteiger partial charge in [-0.05, 0) is 24.7 Å². The zero-order chi connectivity index (χ0) is 24.3. The van der Waals surface area contributed by atoms with Gasteiger partial charge in [-0.1, -0.05) is 27.7 Å². The van der Waals surface area contributed by atoms with Crippen LogP contribution in [0.2, 0.25) is 0 Å². The first-order valence-corrected chi connectivity index (χ1v) is 10.6. The number of carboxylic acid groups (broad SMARTS) is 2. The molecule has 11 nitrogen and oxygen atoms in total. The fourth-order valence-corrected chi connectivity index (χ4v) is 2.81. The Morgan fingerprint density at radius 3 is 1.81 bits per heavy atom. The van der Waals surface area contributed by atoms with Crippen molar-refractivity contribution in [1.29, 1.82) is 0 Å². The van der Waals surface area contributed by atoms with E-state index in [0.717, 1.165) is 0 Å². The molecule has 0 saturated heterocycles. The highest BCUT2D eigenvalue weighted by atomic mass is 32.1. The highest BCUT2D eigenvalue weighted by molar-refractivity contribution is 7.80. The summed E-state index contributed by atoms with van der Waals surface area (Å²) >= 11 is 3.92. The summed E-state index contributed by atoms with van der Waals surface area (Å²) < 4.78 is 0. The van der Waals surface area contributed by atoms with Crippen LogP contribution in [0.15, 0.2) is 0 Å². The molecule has 0 aliphatic rings. The maximum absolute atomic E-state index is 12.8. The van der Waals surface area contributed by atoms with Crippen LogP contribution in [0, 0.1) is 11.8 Å². The molecule has 178 valence electrons. The van der Waals surface area contributed by atoms with Gasteiger partial charge < -0.3 is 31.9 Å². The molecule has 12 heteroatoms. The Morgan fingerprint density at radius 2 is 1.39 bits per heavy atom. The molecule has 3 amide bonds. The largest absolute Gasteiger partial charge is 0.481 e. The summed E-state index contributed by atoms with van der Waals surface area (Å²) in [5, 5.41) is 25.5. The van der Waals surface area contributed by atoms with Crippen LogP contribution >= 0.6 is 12.6 Å².